The molecule has 4 nitrogen and oxygen atoms in total. The maximum Gasteiger partial charge on any atom is 0.158 e. The van der Waals surface area contributed by atoms with Gasteiger partial charge in [0.05, 0.1) is 0 Å². The lowest BCUT2D eigenvalue weighted by Gasteiger charge is -2.35. The Kier molecular flexibility index (Phi) is 4.71. The van der Waals surface area contributed by atoms with Crippen LogP contribution in [0.2, 0.25) is 5.15 Å². The van der Waals surface area contributed by atoms with Crippen LogP contribution in [0.3, 0.4) is 0 Å². The molecule has 5 heteroatoms. The van der Waals surface area contributed by atoms with Gasteiger partial charge in [-0.3, -0.25) is 0 Å². The van der Waals surface area contributed by atoms with Crippen LogP contribution >= 0.6 is 11.6 Å². The van der Waals surface area contributed by atoms with E-state index in [0.717, 1.165) is 12.2 Å². The van der Waals surface area contributed by atoms with Gasteiger partial charge in [-0.2, -0.15) is 0 Å². The van der Waals surface area contributed by atoms with Crippen LogP contribution in [0.15, 0.2) is 6.07 Å². The van der Waals surface area contributed by atoms with E-state index < -0.39 is 0 Å². The summed E-state index contributed by atoms with van der Waals surface area (Å²) >= 11 is 5.99. The average molecular weight is 258 g/mol. The van der Waals surface area contributed by atoms with Crippen molar-refractivity contribution in [3.05, 3.63) is 17.0 Å². The van der Waals surface area contributed by atoms with Crippen molar-refractivity contribution in [1.29, 1.82) is 0 Å². The van der Waals surface area contributed by atoms with Gasteiger partial charge in [-0.25, -0.2) is 9.97 Å². The van der Waals surface area contributed by atoms with Gasteiger partial charge in [0, 0.05) is 25.8 Å². The highest BCUT2D eigenvalue weighted by Crippen LogP contribution is 2.24. The van der Waals surface area contributed by atoms with Crippen molar-refractivity contribution in [2.45, 2.75) is 39.3 Å². The Morgan fingerprint density at radius 2 is 2.06 bits per heavy atom. The molecule has 0 atom stereocenters. The molecule has 0 spiro atoms. The molecule has 0 saturated carbocycles. The van der Waals surface area contributed by atoms with Gasteiger partial charge in [-0.15, -0.1) is 0 Å². The Balaban J connectivity index is 3.05. The lowest BCUT2D eigenvalue weighted by Crippen LogP contribution is -2.41. The van der Waals surface area contributed by atoms with Crippen molar-refractivity contribution >= 4 is 17.4 Å². The number of nitrogens with zero attached hydrogens (tertiary/aromatic N) is 3. The summed E-state index contributed by atoms with van der Waals surface area (Å²) in [6, 6.07) is 1.78. The first kappa shape index (κ1) is 14.2. The Morgan fingerprint density at radius 3 is 2.59 bits per heavy atom. The number of hydrogen-bond acceptors (Lipinski definition) is 4. The van der Waals surface area contributed by atoms with E-state index in [2.05, 4.69) is 35.6 Å². The summed E-state index contributed by atoms with van der Waals surface area (Å²) in [6.07, 6.45) is 1.02. The summed E-state index contributed by atoms with van der Waals surface area (Å²) in [5.74, 6) is 1.43. The molecule has 1 aromatic heterocycles. The highest BCUT2D eigenvalue weighted by molar-refractivity contribution is 6.29. The van der Waals surface area contributed by atoms with E-state index in [1.54, 1.807) is 13.2 Å². The fourth-order valence-electron chi connectivity index (χ4n) is 1.36. The third kappa shape index (κ3) is 3.54. The minimum absolute atomic E-state index is 0.0298. The molecule has 0 bridgehead atoms. The summed E-state index contributed by atoms with van der Waals surface area (Å²) in [4.78, 5) is 10.7. The molecule has 1 rings (SSSR count). The van der Waals surface area contributed by atoms with Crippen LogP contribution in [-0.4, -0.2) is 29.7 Å². The maximum absolute atomic E-state index is 5.99. The molecule has 0 fully saturated rings. The van der Waals surface area contributed by atoms with Crippen molar-refractivity contribution in [1.82, 2.24) is 9.97 Å². The van der Waals surface area contributed by atoms with Gasteiger partial charge in [0.2, 0.25) is 0 Å². The normalized spacial score (nSPS) is 11.6. The summed E-state index contributed by atoms with van der Waals surface area (Å²) in [7, 11) is 3.63. The molecular formula is C12H20ClN3O. The van der Waals surface area contributed by atoms with Crippen LogP contribution in [0.5, 0.6) is 0 Å². The highest BCUT2D eigenvalue weighted by Gasteiger charge is 2.23. The van der Waals surface area contributed by atoms with E-state index in [9.17, 15) is 0 Å². The molecule has 1 aromatic rings. The summed E-state index contributed by atoms with van der Waals surface area (Å²) in [5, 5.41) is 0.445. The molecule has 0 amide bonds. The minimum Gasteiger partial charge on any atom is -0.377 e. The van der Waals surface area contributed by atoms with E-state index in [1.165, 1.54) is 0 Å². The van der Waals surface area contributed by atoms with E-state index in [1.807, 2.05) is 7.05 Å². The van der Waals surface area contributed by atoms with Crippen LogP contribution in [0, 0.1) is 0 Å². The lowest BCUT2D eigenvalue weighted by molar-refractivity contribution is 0.177. The first-order valence-corrected chi connectivity index (χ1v) is 6.04. The summed E-state index contributed by atoms with van der Waals surface area (Å²) in [5.41, 5.74) is 0.0298. The number of aromatic nitrogens is 2. The molecule has 0 aliphatic carbocycles. The van der Waals surface area contributed by atoms with E-state index in [-0.39, 0.29) is 5.54 Å². The van der Waals surface area contributed by atoms with Crippen molar-refractivity contribution in [3.8, 4) is 0 Å². The van der Waals surface area contributed by atoms with Gasteiger partial charge in [0.25, 0.3) is 0 Å². The fraction of sp³-hybridized carbons (Fsp3) is 0.667. The predicted molar refractivity (Wildman–Crippen MR) is 70.5 cm³/mol. The molecule has 1 heterocycles. The monoisotopic (exact) mass is 257 g/mol. The Morgan fingerprint density at radius 1 is 1.41 bits per heavy atom. The minimum atomic E-state index is 0.0298. The van der Waals surface area contributed by atoms with Gasteiger partial charge in [0.15, 0.2) is 5.82 Å². The van der Waals surface area contributed by atoms with Crippen molar-refractivity contribution in [3.63, 3.8) is 0 Å². The highest BCUT2D eigenvalue weighted by atomic mass is 35.5. The second-order valence-electron chi connectivity index (χ2n) is 4.62. The molecule has 0 aliphatic heterocycles. The molecule has 96 valence electrons. The third-order valence-electron chi connectivity index (χ3n) is 3.12. The standard InChI is InChI=1S/C12H20ClN3O/c1-6-12(2,3)16(4)11-7-9(13)14-10(15-11)8-17-5/h7H,6,8H2,1-5H3. The Hall–Kier alpha value is -0.870. The number of methoxy groups -OCH3 is 1. The van der Waals surface area contributed by atoms with Gasteiger partial charge in [-0.1, -0.05) is 18.5 Å². The van der Waals surface area contributed by atoms with Gasteiger partial charge >= 0.3 is 0 Å². The zero-order chi connectivity index (χ0) is 13.1. The molecule has 0 aromatic carbocycles. The van der Waals surface area contributed by atoms with Gasteiger partial charge in [0.1, 0.15) is 17.6 Å². The van der Waals surface area contributed by atoms with Crippen LogP contribution in [-0.2, 0) is 11.3 Å². The molecule has 17 heavy (non-hydrogen) atoms. The zero-order valence-electron chi connectivity index (χ0n) is 11.1. The van der Waals surface area contributed by atoms with E-state index in [0.29, 0.717) is 17.6 Å². The molecule has 0 aliphatic rings. The number of rotatable bonds is 5. The average Bonchev–Trinajstić information content (AvgIpc) is 2.27. The smallest absolute Gasteiger partial charge is 0.158 e. The third-order valence-corrected chi connectivity index (χ3v) is 3.31. The van der Waals surface area contributed by atoms with Gasteiger partial charge in [-0.05, 0) is 20.3 Å². The number of anilines is 1. The quantitative estimate of drug-likeness (QED) is 0.761. The fourth-order valence-corrected chi connectivity index (χ4v) is 1.56. The molecule has 0 N–H and O–H groups in total. The Bertz CT molecular complexity index is 382. The van der Waals surface area contributed by atoms with Crippen LogP contribution in [0.1, 0.15) is 33.0 Å². The second-order valence-corrected chi connectivity index (χ2v) is 5.01. The lowest BCUT2D eigenvalue weighted by atomic mass is 10.0. The van der Waals surface area contributed by atoms with Gasteiger partial charge < -0.3 is 9.64 Å². The SMILES string of the molecule is CCC(C)(C)N(C)c1cc(Cl)nc(COC)n1. The van der Waals surface area contributed by atoms with Crippen molar-refractivity contribution < 1.29 is 4.74 Å². The number of hydrogen-bond donors (Lipinski definition) is 0. The molecular weight excluding hydrogens is 238 g/mol. The summed E-state index contributed by atoms with van der Waals surface area (Å²) < 4.78 is 5.03. The maximum atomic E-state index is 5.99. The second kappa shape index (κ2) is 5.65. The van der Waals surface area contributed by atoms with E-state index >= 15 is 0 Å². The van der Waals surface area contributed by atoms with Crippen molar-refractivity contribution in [2.75, 3.05) is 19.1 Å². The number of halogens is 1. The zero-order valence-corrected chi connectivity index (χ0v) is 11.9. The Labute approximate surface area is 108 Å². The van der Waals surface area contributed by atoms with Crippen LogP contribution in [0.4, 0.5) is 5.82 Å². The molecule has 0 radical (unpaired) electrons. The predicted octanol–water partition coefficient (Wildman–Crippen LogP) is 2.90. The molecule has 0 saturated heterocycles. The first-order chi connectivity index (χ1) is 7.90. The molecule has 0 unspecified atom stereocenters. The number of ether oxygens (including phenoxy) is 1. The van der Waals surface area contributed by atoms with Crippen molar-refractivity contribution in [2.24, 2.45) is 0 Å². The first-order valence-electron chi connectivity index (χ1n) is 5.67. The largest absolute Gasteiger partial charge is 0.377 e. The van der Waals surface area contributed by atoms with Crippen LogP contribution < -0.4 is 4.90 Å². The van der Waals surface area contributed by atoms with Crippen LogP contribution in [0.25, 0.3) is 0 Å². The van der Waals surface area contributed by atoms with E-state index in [4.69, 9.17) is 16.3 Å². The summed E-state index contributed by atoms with van der Waals surface area (Å²) in [6.45, 7) is 6.85. The topological polar surface area (TPSA) is 38.2 Å².